The number of carboxylic acid groups (broad SMARTS) is 1. The molecule has 0 bridgehead atoms. The van der Waals surface area contributed by atoms with Gasteiger partial charge < -0.3 is 9.67 Å². The lowest BCUT2D eigenvalue weighted by Gasteiger charge is -2.26. The van der Waals surface area contributed by atoms with Gasteiger partial charge in [-0.2, -0.15) is 0 Å². The smallest absolute Gasteiger partial charge is 0.341 e. The molecule has 0 radical (unpaired) electrons. The van der Waals surface area contributed by atoms with Crippen molar-refractivity contribution in [1.29, 1.82) is 0 Å². The molecule has 1 aliphatic heterocycles. The van der Waals surface area contributed by atoms with Gasteiger partial charge in [0.1, 0.15) is 11.4 Å². The zero-order valence-electron chi connectivity index (χ0n) is 10.3. The average Bonchev–Trinajstić information content (AvgIpc) is 2.35. The van der Waals surface area contributed by atoms with Crippen molar-refractivity contribution in [3.63, 3.8) is 0 Å². The minimum Gasteiger partial charge on any atom is -0.477 e. The number of benzene rings is 1. The highest BCUT2D eigenvalue weighted by molar-refractivity contribution is 5.93. The van der Waals surface area contributed by atoms with E-state index >= 15 is 0 Å². The Hall–Kier alpha value is -2.17. The Bertz CT molecular complexity index is 763. The van der Waals surface area contributed by atoms with Crippen LogP contribution in [0.15, 0.2) is 23.1 Å². The first-order valence-corrected chi connectivity index (χ1v) is 6.09. The van der Waals surface area contributed by atoms with Crippen LogP contribution < -0.4 is 5.43 Å². The summed E-state index contributed by atoms with van der Waals surface area (Å²) < 4.78 is 15.3. The van der Waals surface area contributed by atoms with E-state index in [-0.39, 0.29) is 17.0 Å². The fourth-order valence-corrected chi connectivity index (χ4v) is 2.74. The third-order valence-corrected chi connectivity index (χ3v) is 3.71. The van der Waals surface area contributed by atoms with Gasteiger partial charge in [0.25, 0.3) is 0 Å². The molecule has 1 aromatic heterocycles. The van der Waals surface area contributed by atoms with Crippen molar-refractivity contribution in [3.05, 3.63) is 45.5 Å². The molecule has 0 aliphatic carbocycles. The van der Waals surface area contributed by atoms with Crippen molar-refractivity contribution in [2.24, 2.45) is 0 Å². The quantitative estimate of drug-likeness (QED) is 0.859. The molecular weight excluding hydrogens is 251 g/mol. The van der Waals surface area contributed by atoms with Crippen LogP contribution in [0.1, 0.15) is 35.3 Å². The molecule has 5 heteroatoms. The van der Waals surface area contributed by atoms with Crippen LogP contribution in [-0.4, -0.2) is 15.6 Å². The van der Waals surface area contributed by atoms with E-state index in [1.54, 1.807) is 4.57 Å². The molecule has 3 rings (SSSR count). The van der Waals surface area contributed by atoms with E-state index in [0.29, 0.717) is 11.9 Å². The summed E-state index contributed by atoms with van der Waals surface area (Å²) in [6.45, 7) is 1.96. The Morgan fingerprint density at radius 2 is 2.21 bits per heavy atom. The van der Waals surface area contributed by atoms with Crippen molar-refractivity contribution in [1.82, 2.24) is 4.57 Å². The first-order valence-electron chi connectivity index (χ1n) is 6.09. The van der Waals surface area contributed by atoms with Crippen LogP contribution in [-0.2, 0) is 6.42 Å². The van der Waals surface area contributed by atoms with E-state index in [0.717, 1.165) is 18.1 Å². The second kappa shape index (κ2) is 3.91. The van der Waals surface area contributed by atoms with Crippen molar-refractivity contribution in [2.45, 2.75) is 25.8 Å². The number of carbonyl (C=O) groups is 1. The van der Waals surface area contributed by atoms with Crippen LogP contribution in [0.25, 0.3) is 10.9 Å². The van der Waals surface area contributed by atoms with E-state index in [9.17, 15) is 14.0 Å². The Kier molecular flexibility index (Phi) is 2.45. The highest BCUT2D eigenvalue weighted by Crippen LogP contribution is 2.30. The summed E-state index contributed by atoms with van der Waals surface area (Å²) in [6, 6.07) is 2.64. The maximum atomic E-state index is 13.6. The average molecular weight is 263 g/mol. The minimum atomic E-state index is -1.28. The molecule has 1 N–H and O–H groups in total. The number of hydrogen-bond acceptors (Lipinski definition) is 2. The maximum absolute atomic E-state index is 13.6. The third kappa shape index (κ3) is 1.65. The van der Waals surface area contributed by atoms with Crippen molar-refractivity contribution in [2.75, 3.05) is 0 Å². The molecular formula is C14H12FNO3. The SMILES string of the molecule is CC1CCc2cc(F)cc3c(=O)c([14C](=O)O)cn1c23. The number of aromatic carboxylic acids is 1. The number of carboxylic acids is 1. The molecule has 1 aromatic carbocycles. The van der Waals surface area contributed by atoms with E-state index in [2.05, 4.69) is 0 Å². The van der Waals surface area contributed by atoms with Crippen LogP contribution in [0.4, 0.5) is 4.39 Å². The van der Waals surface area contributed by atoms with Crippen LogP contribution >= 0.6 is 0 Å². The lowest BCUT2D eigenvalue weighted by Crippen LogP contribution is -2.24. The van der Waals surface area contributed by atoms with Gasteiger partial charge in [-0.1, -0.05) is 0 Å². The number of halogens is 1. The number of nitrogens with zero attached hydrogens (tertiary/aromatic N) is 1. The Morgan fingerprint density at radius 3 is 2.89 bits per heavy atom. The van der Waals surface area contributed by atoms with Gasteiger partial charge in [-0.3, -0.25) is 4.79 Å². The van der Waals surface area contributed by atoms with Gasteiger partial charge in [0.2, 0.25) is 5.43 Å². The first-order chi connectivity index (χ1) is 8.99. The Labute approximate surface area is 108 Å². The Morgan fingerprint density at radius 1 is 1.47 bits per heavy atom. The summed E-state index contributed by atoms with van der Waals surface area (Å²) >= 11 is 0. The standard InChI is InChI=1S/C14H12FNO3/c1-7-2-3-8-4-9(15)5-10-12(8)16(7)6-11(13(10)17)14(18)19/h4-7H,2-3H2,1H3,(H,18,19)/i14+2. The van der Waals surface area contributed by atoms with Gasteiger partial charge in [-0.25, -0.2) is 9.18 Å². The van der Waals surface area contributed by atoms with Crippen LogP contribution in [0, 0.1) is 5.82 Å². The molecule has 0 saturated carbocycles. The van der Waals surface area contributed by atoms with E-state index in [1.165, 1.54) is 12.3 Å². The van der Waals surface area contributed by atoms with Gasteiger partial charge in [-0.05, 0) is 37.5 Å². The minimum absolute atomic E-state index is 0.0964. The monoisotopic (exact) mass is 263 g/mol. The van der Waals surface area contributed by atoms with Gasteiger partial charge in [0, 0.05) is 17.6 Å². The lowest BCUT2D eigenvalue weighted by atomic mass is 9.96. The number of aromatic nitrogens is 1. The number of pyridine rings is 1. The summed E-state index contributed by atoms with van der Waals surface area (Å²) in [4.78, 5) is 23.2. The molecule has 98 valence electrons. The number of rotatable bonds is 1. The van der Waals surface area contributed by atoms with Crippen LogP contribution in [0.3, 0.4) is 0 Å². The van der Waals surface area contributed by atoms with Gasteiger partial charge in [-0.15, -0.1) is 0 Å². The summed E-state index contributed by atoms with van der Waals surface area (Å²) in [5, 5.41) is 9.24. The van der Waals surface area contributed by atoms with Gasteiger partial charge >= 0.3 is 5.97 Å². The van der Waals surface area contributed by atoms with Crippen LogP contribution in [0.2, 0.25) is 0 Å². The summed E-state index contributed by atoms with van der Waals surface area (Å²) in [7, 11) is 0. The van der Waals surface area contributed by atoms with Crippen molar-refractivity contribution < 1.29 is 14.3 Å². The highest BCUT2D eigenvalue weighted by atomic mass is 19.1. The first kappa shape index (κ1) is 11.9. The maximum Gasteiger partial charge on any atom is 0.341 e. The summed E-state index contributed by atoms with van der Waals surface area (Å²) in [6.07, 6.45) is 2.87. The van der Waals surface area contributed by atoms with E-state index in [1.807, 2.05) is 6.92 Å². The van der Waals surface area contributed by atoms with E-state index in [4.69, 9.17) is 5.11 Å². The van der Waals surface area contributed by atoms with Gasteiger partial charge in [0.15, 0.2) is 0 Å². The predicted octanol–water partition coefficient (Wildman–Crippen LogP) is 2.35. The molecule has 0 saturated heterocycles. The number of aryl methyl sites for hydroxylation is 1. The predicted molar refractivity (Wildman–Crippen MR) is 68.2 cm³/mol. The van der Waals surface area contributed by atoms with Crippen LogP contribution in [0.5, 0.6) is 0 Å². The van der Waals surface area contributed by atoms with Gasteiger partial charge in [0.05, 0.1) is 5.52 Å². The molecule has 1 aliphatic rings. The molecule has 0 fully saturated rings. The molecule has 19 heavy (non-hydrogen) atoms. The molecule has 1 atom stereocenters. The second-order valence-electron chi connectivity index (χ2n) is 4.93. The molecule has 0 amide bonds. The molecule has 1 unspecified atom stereocenters. The fourth-order valence-electron chi connectivity index (χ4n) is 2.74. The molecule has 2 heterocycles. The topological polar surface area (TPSA) is 59.3 Å². The molecule has 0 spiro atoms. The highest BCUT2D eigenvalue weighted by Gasteiger charge is 2.23. The second-order valence-corrected chi connectivity index (χ2v) is 4.93. The van der Waals surface area contributed by atoms with Crippen molar-refractivity contribution >= 4 is 16.9 Å². The zero-order valence-corrected chi connectivity index (χ0v) is 10.3. The summed E-state index contributed by atoms with van der Waals surface area (Å²) in [5.41, 5.74) is 0.503. The normalized spacial score (nSPS) is 17.7. The lowest BCUT2D eigenvalue weighted by molar-refractivity contribution is 0.0694. The fraction of sp³-hybridized carbons (Fsp3) is 0.286. The zero-order chi connectivity index (χ0) is 13.7. The third-order valence-electron chi connectivity index (χ3n) is 3.71. The number of hydrogen-bond donors (Lipinski definition) is 1. The largest absolute Gasteiger partial charge is 0.477 e. The van der Waals surface area contributed by atoms with Crippen molar-refractivity contribution in [3.8, 4) is 0 Å². The summed E-state index contributed by atoms with van der Waals surface area (Å²) in [5.74, 6) is -1.78. The Balaban J connectivity index is 2.53. The molecule has 4 nitrogen and oxygen atoms in total. The van der Waals surface area contributed by atoms with E-state index < -0.39 is 17.2 Å². The molecule has 2 aromatic rings.